The molecule has 1 aliphatic carbocycles. The normalized spacial score (nSPS) is 18.8. The molecule has 0 atom stereocenters. The lowest BCUT2D eigenvalue weighted by atomic mass is 10.2. The lowest BCUT2D eigenvalue weighted by Gasteiger charge is -2.36. The van der Waals surface area contributed by atoms with Crippen LogP contribution in [-0.4, -0.2) is 52.3 Å². The van der Waals surface area contributed by atoms with E-state index in [1.54, 1.807) is 11.8 Å². The third-order valence-corrected chi connectivity index (χ3v) is 6.68. The van der Waals surface area contributed by atoms with Gasteiger partial charge in [-0.25, -0.2) is 15.0 Å². The first-order valence-electron chi connectivity index (χ1n) is 8.95. The van der Waals surface area contributed by atoms with Crippen molar-refractivity contribution in [3.8, 4) is 0 Å². The molecule has 0 radical (unpaired) electrons. The number of hydrogen-bond donors (Lipinski definition) is 0. The number of thioether (sulfide) groups is 1. The van der Waals surface area contributed by atoms with E-state index in [2.05, 4.69) is 34.0 Å². The summed E-state index contributed by atoms with van der Waals surface area (Å²) in [4.78, 5) is 19.1. The largest absolute Gasteiger partial charge is 0.354 e. The summed E-state index contributed by atoms with van der Waals surface area (Å²) in [5, 5.41) is 4.48. The van der Waals surface area contributed by atoms with Gasteiger partial charge in [-0.05, 0) is 32.9 Å². The molecule has 0 spiro atoms. The second-order valence-electron chi connectivity index (χ2n) is 6.96. The van der Waals surface area contributed by atoms with Crippen LogP contribution in [0.15, 0.2) is 10.5 Å². The summed E-state index contributed by atoms with van der Waals surface area (Å²) in [6.07, 6.45) is 4.71. The number of hydrogen-bond acceptors (Lipinski definition) is 7. The van der Waals surface area contributed by atoms with Crippen molar-refractivity contribution in [1.29, 1.82) is 0 Å². The van der Waals surface area contributed by atoms with Gasteiger partial charge in [-0.3, -0.25) is 4.90 Å². The highest BCUT2D eigenvalue weighted by Crippen LogP contribution is 2.41. The SMILES string of the molecule is CSc1nc(C)c(C)c(N2CCN(Cc3csc(C4CC4)n3)CC2)n1. The van der Waals surface area contributed by atoms with Gasteiger partial charge < -0.3 is 4.90 Å². The second kappa shape index (κ2) is 7.21. The smallest absolute Gasteiger partial charge is 0.189 e. The number of aryl methyl sites for hydroxylation is 1. The Bertz CT molecular complexity index is 748. The highest BCUT2D eigenvalue weighted by molar-refractivity contribution is 7.98. The highest BCUT2D eigenvalue weighted by Gasteiger charge is 2.27. The van der Waals surface area contributed by atoms with Gasteiger partial charge in [-0.1, -0.05) is 11.8 Å². The van der Waals surface area contributed by atoms with Crippen LogP contribution in [0.5, 0.6) is 0 Å². The van der Waals surface area contributed by atoms with Crippen molar-refractivity contribution in [2.24, 2.45) is 0 Å². The molecule has 7 heteroatoms. The molecular formula is C18H25N5S2. The molecule has 25 heavy (non-hydrogen) atoms. The van der Waals surface area contributed by atoms with E-state index < -0.39 is 0 Å². The quantitative estimate of drug-likeness (QED) is 0.589. The van der Waals surface area contributed by atoms with E-state index in [0.29, 0.717) is 0 Å². The van der Waals surface area contributed by atoms with Crippen LogP contribution in [-0.2, 0) is 6.54 Å². The lowest BCUT2D eigenvalue weighted by molar-refractivity contribution is 0.246. The van der Waals surface area contributed by atoms with Crippen molar-refractivity contribution in [1.82, 2.24) is 19.9 Å². The van der Waals surface area contributed by atoms with E-state index in [1.807, 2.05) is 17.6 Å². The summed E-state index contributed by atoms with van der Waals surface area (Å²) in [5.74, 6) is 1.88. The average molecular weight is 376 g/mol. The summed E-state index contributed by atoms with van der Waals surface area (Å²) in [6, 6.07) is 0. The maximum atomic E-state index is 4.83. The van der Waals surface area contributed by atoms with Gasteiger partial charge in [-0.2, -0.15) is 0 Å². The van der Waals surface area contributed by atoms with E-state index in [1.165, 1.54) is 29.1 Å². The van der Waals surface area contributed by atoms with Gasteiger partial charge in [0.05, 0.1) is 10.7 Å². The Morgan fingerprint density at radius 3 is 2.56 bits per heavy atom. The first-order chi connectivity index (χ1) is 12.1. The van der Waals surface area contributed by atoms with E-state index in [9.17, 15) is 0 Å². The Kier molecular flexibility index (Phi) is 4.97. The molecule has 2 aromatic rings. The second-order valence-corrected chi connectivity index (χ2v) is 8.62. The minimum atomic E-state index is 0.769. The van der Waals surface area contributed by atoms with Crippen molar-refractivity contribution in [2.45, 2.75) is 44.3 Å². The standard InChI is InChI=1S/C18H25N5S2/c1-12-13(2)19-18(24-3)21-16(12)23-8-6-22(7-9-23)10-15-11-25-17(20-15)14-4-5-14/h11,14H,4-10H2,1-3H3. The maximum absolute atomic E-state index is 4.83. The van der Waals surface area contributed by atoms with Crippen molar-refractivity contribution in [2.75, 3.05) is 37.3 Å². The Labute approximate surface area is 157 Å². The molecule has 2 aromatic heterocycles. The minimum Gasteiger partial charge on any atom is -0.354 e. The molecule has 2 fully saturated rings. The van der Waals surface area contributed by atoms with Crippen LogP contribution < -0.4 is 4.90 Å². The number of aromatic nitrogens is 3. The molecular weight excluding hydrogens is 350 g/mol. The molecule has 0 unspecified atom stereocenters. The zero-order valence-corrected chi connectivity index (χ0v) is 16.8. The van der Waals surface area contributed by atoms with Gasteiger partial charge in [0.1, 0.15) is 5.82 Å². The molecule has 4 rings (SSSR count). The molecule has 0 N–H and O–H groups in total. The van der Waals surface area contributed by atoms with E-state index in [-0.39, 0.29) is 0 Å². The summed E-state index contributed by atoms with van der Waals surface area (Å²) in [7, 11) is 0. The predicted octanol–water partition coefficient (Wildman–Crippen LogP) is 3.47. The molecule has 0 bridgehead atoms. The number of rotatable bonds is 5. The first-order valence-corrected chi connectivity index (χ1v) is 11.1. The summed E-state index contributed by atoms with van der Waals surface area (Å²) < 4.78 is 0. The van der Waals surface area contributed by atoms with Crippen molar-refractivity contribution in [3.63, 3.8) is 0 Å². The van der Waals surface area contributed by atoms with Crippen LogP contribution in [0.4, 0.5) is 5.82 Å². The molecule has 1 aliphatic heterocycles. The topological polar surface area (TPSA) is 45.2 Å². The van der Waals surface area contributed by atoms with Crippen molar-refractivity contribution in [3.05, 3.63) is 27.3 Å². The molecule has 5 nitrogen and oxygen atoms in total. The van der Waals surface area contributed by atoms with Gasteiger partial charge >= 0.3 is 0 Å². The molecule has 134 valence electrons. The van der Waals surface area contributed by atoms with Crippen LogP contribution in [0.3, 0.4) is 0 Å². The summed E-state index contributed by atoms with van der Waals surface area (Å²) >= 11 is 3.46. The number of thiazole rings is 1. The van der Waals surface area contributed by atoms with Crippen LogP contribution in [0.1, 0.15) is 40.7 Å². The van der Waals surface area contributed by atoms with Crippen LogP contribution >= 0.6 is 23.1 Å². The zero-order chi connectivity index (χ0) is 17.4. The van der Waals surface area contributed by atoms with Gasteiger partial charge in [0.2, 0.25) is 0 Å². The van der Waals surface area contributed by atoms with Gasteiger partial charge in [0, 0.05) is 55.3 Å². The van der Waals surface area contributed by atoms with E-state index >= 15 is 0 Å². The number of nitrogens with zero attached hydrogens (tertiary/aromatic N) is 5. The molecule has 1 saturated heterocycles. The van der Waals surface area contributed by atoms with E-state index in [0.717, 1.165) is 55.3 Å². The van der Waals surface area contributed by atoms with Crippen LogP contribution in [0, 0.1) is 13.8 Å². The number of anilines is 1. The molecule has 1 saturated carbocycles. The fourth-order valence-electron chi connectivity index (χ4n) is 3.25. The van der Waals surface area contributed by atoms with Crippen molar-refractivity contribution >= 4 is 28.9 Å². The Morgan fingerprint density at radius 2 is 1.88 bits per heavy atom. The Balaban J connectivity index is 1.38. The molecule has 0 amide bonds. The predicted molar refractivity (Wildman–Crippen MR) is 105 cm³/mol. The minimum absolute atomic E-state index is 0.769. The highest BCUT2D eigenvalue weighted by atomic mass is 32.2. The summed E-state index contributed by atoms with van der Waals surface area (Å²) in [6.45, 7) is 9.36. The van der Waals surface area contributed by atoms with Gasteiger partial charge in [0.15, 0.2) is 5.16 Å². The molecule has 0 aromatic carbocycles. The lowest BCUT2D eigenvalue weighted by Crippen LogP contribution is -2.46. The average Bonchev–Trinajstić information content (AvgIpc) is 3.38. The summed E-state index contributed by atoms with van der Waals surface area (Å²) in [5.41, 5.74) is 3.55. The first kappa shape index (κ1) is 17.2. The molecule has 3 heterocycles. The fourth-order valence-corrected chi connectivity index (χ4v) is 4.64. The van der Waals surface area contributed by atoms with Crippen LogP contribution in [0.2, 0.25) is 0 Å². The van der Waals surface area contributed by atoms with Gasteiger partial charge in [0.25, 0.3) is 0 Å². The monoisotopic (exact) mass is 375 g/mol. The number of piperazine rings is 1. The Hall–Kier alpha value is -1.18. The fraction of sp³-hybridized carbons (Fsp3) is 0.611. The van der Waals surface area contributed by atoms with E-state index in [4.69, 9.17) is 9.97 Å². The zero-order valence-electron chi connectivity index (χ0n) is 15.2. The molecule has 2 aliphatic rings. The third-order valence-electron chi connectivity index (χ3n) is 5.08. The Morgan fingerprint density at radius 1 is 1.12 bits per heavy atom. The maximum Gasteiger partial charge on any atom is 0.189 e. The van der Waals surface area contributed by atoms with Crippen LogP contribution in [0.25, 0.3) is 0 Å². The third kappa shape index (κ3) is 3.83. The van der Waals surface area contributed by atoms with Crippen molar-refractivity contribution < 1.29 is 0 Å². The van der Waals surface area contributed by atoms with Gasteiger partial charge in [-0.15, -0.1) is 11.3 Å².